The molecule has 0 saturated carbocycles. The topological polar surface area (TPSA) is 69.0 Å². The summed E-state index contributed by atoms with van der Waals surface area (Å²) in [5.41, 5.74) is 2.54. The van der Waals surface area contributed by atoms with Crippen LogP contribution in [0.1, 0.15) is 29.1 Å². The third kappa shape index (κ3) is 3.97. The lowest BCUT2D eigenvalue weighted by Crippen LogP contribution is -2.29. The highest BCUT2D eigenvalue weighted by Gasteiger charge is 2.18. The van der Waals surface area contributed by atoms with Crippen LogP contribution in [0.4, 0.5) is 0 Å². The van der Waals surface area contributed by atoms with E-state index >= 15 is 0 Å². The van der Waals surface area contributed by atoms with Crippen molar-refractivity contribution in [1.82, 2.24) is 20.1 Å². The van der Waals surface area contributed by atoms with Gasteiger partial charge >= 0.3 is 0 Å². The molecular weight excluding hydrogens is 328 g/mol. The molecule has 0 bridgehead atoms. The van der Waals surface area contributed by atoms with Crippen LogP contribution in [0.3, 0.4) is 0 Å². The van der Waals surface area contributed by atoms with Gasteiger partial charge in [-0.25, -0.2) is 0 Å². The molecule has 1 amide bonds. The lowest BCUT2D eigenvalue weighted by molar-refractivity contribution is 0.0938. The van der Waals surface area contributed by atoms with E-state index in [4.69, 9.17) is 4.74 Å². The zero-order valence-corrected chi connectivity index (χ0v) is 14.9. The number of nitrogens with one attached hydrogen (secondary N) is 1. The molecule has 1 heterocycles. The minimum atomic E-state index is -0.273. The number of carbonyl (C=O) groups is 1. The fraction of sp³-hybridized carbons (Fsp3) is 0.250. The van der Waals surface area contributed by atoms with Gasteiger partial charge in [0.25, 0.3) is 5.91 Å². The molecule has 26 heavy (non-hydrogen) atoms. The summed E-state index contributed by atoms with van der Waals surface area (Å²) in [6, 6.07) is 17.2. The molecule has 6 nitrogen and oxygen atoms in total. The molecular formula is C20H22N4O2. The molecule has 2 aromatic carbocycles. The van der Waals surface area contributed by atoms with E-state index in [0.29, 0.717) is 24.5 Å². The highest BCUT2D eigenvalue weighted by Crippen LogP contribution is 2.24. The van der Waals surface area contributed by atoms with Gasteiger partial charge in [0.2, 0.25) is 0 Å². The SMILES string of the molecule is COCCn1cnnc1C(C)NC(=O)c1ccccc1-c1ccccc1. The van der Waals surface area contributed by atoms with Crippen LogP contribution in [0.15, 0.2) is 60.9 Å². The van der Waals surface area contributed by atoms with E-state index in [9.17, 15) is 4.79 Å². The molecule has 0 aliphatic rings. The van der Waals surface area contributed by atoms with Gasteiger partial charge in [0, 0.05) is 19.2 Å². The molecule has 1 N–H and O–H groups in total. The number of methoxy groups -OCH3 is 1. The Labute approximate surface area is 152 Å². The minimum Gasteiger partial charge on any atom is -0.383 e. The molecule has 0 fully saturated rings. The van der Waals surface area contributed by atoms with Crippen molar-refractivity contribution in [2.24, 2.45) is 0 Å². The summed E-state index contributed by atoms with van der Waals surface area (Å²) in [7, 11) is 1.65. The smallest absolute Gasteiger partial charge is 0.252 e. The average molecular weight is 350 g/mol. The van der Waals surface area contributed by atoms with Crippen LogP contribution in [0.25, 0.3) is 11.1 Å². The lowest BCUT2D eigenvalue weighted by Gasteiger charge is -2.16. The molecule has 3 rings (SSSR count). The molecule has 0 radical (unpaired) electrons. The van der Waals surface area contributed by atoms with E-state index in [1.165, 1.54) is 0 Å². The fourth-order valence-electron chi connectivity index (χ4n) is 2.85. The first-order chi connectivity index (χ1) is 12.7. The molecule has 0 aliphatic carbocycles. The van der Waals surface area contributed by atoms with Crippen LogP contribution in [-0.2, 0) is 11.3 Å². The molecule has 1 aromatic heterocycles. The second-order valence-electron chi connectivity index (χ2n) is 5.98. The average Bonchev–Trinajstić information content (AvgIpc) is 3.15. The molecule has 0 aliphatic heterocycles. The quantitative estimate of drug-likeness (QED) is 0.711. The first kappa shape index (κ1) is 17.8. The van der Waals surface area contributed by atoms with Crippen molar-refractivity contribution in [2.45, 2.75) is 19.5 Å². The third-order valence-corrected chi connectivity index (χ3v) is 4.17. The van der Waals surface area contributed by atoms with E-state index in [1.54, 1.807) is 13.4 Å². The van der Waals surface area contributed by atoms with Gasteiger partial charge in [-0.1, -0.05) is 48.5 Å². The summed E-state index contributed by atoms with van der Waals surface area (Å²) in [4.78, 5) is 12.9. The molecule has 0 spiro atoms. The Kier molecular flexibility index (Phi) is 5.76. The van der Waals surface area contributed by atoms with Crippen LogP contribution in [0, 0.1) is 0 Å². The lowest BCUT2D eigenvalue weighted by atomic mass is 9.99. The van der Waals surface area contributed by atoms with Gasteiger partial charge in [-0.2, -0.15) is 0 Å². The van der Waals surface area contributed by atoms with Crippen LogP contribution in [0.2, 0.25) is 0 Å². The van der Waals surface area contributed by atoms with Crippen molar-refractivity contribution in [3.05, 3.63) is 72.3 Å². The van der Waals surface area contributed by atoms with Gasteiger partial charge in [0.15, 0.2) is 5.82 Å². The maximum Gasteiger partial charge on any atom is 0.252 e. The number of ether oxygens (including phenoxy) is 1. The Bertz CT molecular complexity index is 861. The van der Waals surface area contributed by atoms with E-state index in [2.05, 4.69) is 15.5 Å². The predicted molar refractivity (Wildman–Crippen MR) is 99.7 cm³/mol. The summed E-state index contributed by atoms with van der Waals surface area (Å²) >= 11 is 0. The zero-order chi connectivity index (χ0) is 18.4. The summed E-state index contributed by atoms with van der Waals surface area (Å²) in [6.07, 6.45) is 1.65. The van der Waals surface area contributed by atoms with Gasteiger partial charge in [-0.05, 0) is 24.1 Å². The van der Waals surface area contributed by atoms with Gasteiger partial charge in [-0.15, -0.1) is 10.2 Å². The number of hydrogen-bond acceptors (Lipinski definition) is 4. The van der Waals surface area contributed by atoms with Crippen molar-refractivity contribution in [3.63, 3.8) is 0 Å². The Morgan fingerprint density at radius 3 is 2.65 bits per heavy atom. The van der Waals surface area contributed by atoms with Gasteiger partial charge < -0.3 is 14.6 Å². The van der Waals surface area contributed by atoms with Crippen LogP contribution in [0.5, 0.6) is 0 Å². The number of rotatable bonds is 7. The summed E-state index contributed by atoms with van der Waals surface area (Å²) in [5.74, 6) is 0.561. The van der Waals surface area contributed by atoms with E-state index in [-0.39, 0.29) is 11.9 Å². The van der Waals surface area contributed by atoms with E-state index < -0.39 is 0 Å². The normalized spacial score (nSPS) is 11.9. The number of nitrogens with zero attached hydrogens (tertiary/aromatic N) is 3. The van der Waals surface area contributed by atoms with Crippen molar-refractivity contribution in [2.75, 3.05) is 13.7 Å². The number of carbonyl (C=O) groups excluding carboxylic acids is 1. The van der Waals surface area contributed by atoms with Gasteiger partial charge in [-0.3, -0.25) is 4.79 Å². The monoisotopic (exact) mass is 350 g/mol. The van der Waals surface area contributed by atoms with E-state index in [0.717, 1.165) is 11.1 Å². The maximum absolute atomic E-state index is 12.9. The number of benzene rings is 2. The largest absolute Gasteiger partial charge is 0.383 e. The molecule has 134 valence electrons. The number of hydrogen-bond donors (Lipinski definition) is 1. The Morgan fingerprint density at radius 2 is 1.88 bits per heavy atom. The highest BCUT2D eigenvalue weighted by molar-refractivity contribution is 6.01. The summed E-state index contributed by atoms with van der Waals surface area (Å²) in [6.45, 7) is 3.10. The standard InChI is InChI=1S/C20H22N4O2/c1-15(19-23-21-14-24(19)12-13-26-2)22-20(25)18-11-7-6-10-17(18)16-8-4-3-5-9-16/h3-11,14-15H,12-13H2,1-2H3,(H,22,25). The Balaban J connectivity index is 1.80. The molecule has 0 saturated heterocycles. The van der Waals surface area contributed by atoms with Crippen LogP contribution < -0.4 is 5.32 Å². The second-order valence-corrected chi connectivity index (χ2v) is 5.98. The molecule has 1 atom stereocenters. The Hall–Kier alpha value is -2.99. The number of amides is 1. The van der Waals surface area contributed by atoms with Crippen molar-refractivity contribution in [3.8, 4) is 11.1 Å². The zero-order valence-electron chi connectivity index (χ0n) is 14.9. The van der Waals surface area contributed by atoms with Crippen molar-refractivity contribution < 1.29 is 9.53 Å². The van der Waals surface area contributed by atoms with Crippen LogP contribution >= 0.6 is 0 Å². The predicted octanol–water partition coefficient (Wildman–Crippen LogP) is 3.08. The first-order valence-electron chi connectivity index (χ1n) is 8.52. The maximum atomic E-state index is 12.9. The molecule has 3 aromatic rings. The summed E-state index contributed by atoms with van der Waals surface area (Å²) in [5, 5.41) is 11.1. The highest BCUT2D eigenvalue weighted by atomic mass is 16.5. The van der Waals surface area contributed by atoms with Gasteiger partial charge in [0.1, 0.15) is 6.33 Å². The van der Waals surface area contributed by atoms with Crippen molar-refractivity contribution >= 4 is 5.91 Å². The first-order valence-corrected chi connectivity index (χ1v) is 8.52. The van der Waals surface area contributed by atoms with Gasteiger partial charge in [0.05, 0.1) is 12.6 Å². The van der Waals surface area contributed by atoms with Crippen LogP contribution in [-0.4, -0.2) is 34.4 Å². The summed E-state index contributed by atoms with van der Waals surface area (Å²) < 4.78 is 6.99. The molecule has 6 heteroatoms. The van der Waals surface area contributed by atoms with E-state index in [1.807, 2.05) is 66.1 Å². The Morgan fingerprint density at radius 1 is 1.15 bits per heavy atom. The third-order valence-electron chi connectivity index (χ3n) is 4.17. The minimum absolute atomic E-state index is 0.141. The van der Waals surface area contributed by atoms with Crippen molar-refractivity contribution in [1.29, 1.82) is 0 Å². The fourth-order valence-corrected chi connectivity index (χ4v) is 2.85. The number of aromatic nitrogens is 3. The molecule has 1 unspecified atom stereocenters. The second kappa shape index (κ2) is 8.40.